The molecule has 1 saturated heterocycles. The second kappa shape index (κ2) is 5.89. The average Bonchev–Trinajstić information content (AvgIpc) is 3.06. The van der Waals surface area contributed by atoms with Gasteiger partial charge in [0.1, 0.15) is 6.61 Å². The van der Waals surface area contributed by atoms with E-state index in [1.165, 1.54) is 0 Å². The molecule has 1 aliphatic heterocycles. The van der Waals surface area contributed by atoms with Gasteiger partial charge in [-0.05, 0) is 18.4 Å². The summed E-state index contributed by atoms with van der Waals surface area (Å²) in [6, 6.07) is 9.56. The minimum atomic E-state index is -0.368. The second-order valence-electron chi connectivity index (χ2n) is 6.63. The lowest BCUT2D eigenvalue weighted by atomic mass is 9.69. The van der Waals surface area contributed by atoms with Crippen molar-refractivity contribution >= 4 is 6.09 Å². The molecule has 3 rings (SSSR count). The first kappa shape index (κ1) is 15.3. The predicted octanol–water partition coefficient (Wildman–Crippen LogP) is 1.78. The number of ether oxygens (including phenoxy) is 1. The van der Waals surface area contributed by atoms with Gasteiger partial charge in [-0.25, -0.2) is 4.79 Å². The molecule has 1 saturated carbocycles. The largest absolute Gasteiger partial charge is 0.445 e. The Morgan fingerprint density at radius 2 is 1.68 bits per heavy atom. The van der Waals surface area contributed by atoms with Crippen molar-refractivity contribution in [1.82, 2.24) is 4.90 Å². The van der Waals surface area contributed by atoms with Crippen LogP contribution in [-0.4, -0.2) is 47.5 Å². The summed E-state index contributed by atoms with van der Waals surface area (Å²) in [4.78, 5) is 14.0. The smallest absolute Gasteiger partial charge is 0.410 e. The van der Waals surface area contributed by atoms with E-state index in [-0.39, 0.29) is 36.7 Å². The van der Waals surface area contributed by atoms with Crippen LogP contribution >= 0.6 is 0 Å². The molecule has 5 nitrogen and oxygen atoms in total. The number of benzene rings is 1. The van der Waals surface area contributed by atoms with Gasteiger partial charge in [-0.15, -0.1) is 0 Å². The Bertz CT molecular complexity index is 515. The van der Waals surface area contributed by atoms with Gasteiger partial charge in [-0.1, -0.05) is 36.8 Å². The summed E-state index contributed by atoms with van der Waals surface area (Å²) in [6.45, 7) is 1.20. The number of hydrogen-bond donors (Lipinski definition) is 2. The Balaban J connectivity index is 1.65. The van der Waals surface area contributed by atoms with Crippen LogP contribution in [0.5, 0.6) is 0 Å². The van der Waals surface area contributed by atoms with Gasteiger partial charge in [0.25, 0.3) is 0 Å². The zero-order chi connectivity index (χ0) is 15.6. The number of carbonyl (C=O) groups is 1. The van der Waals surface area contributed by atoms with Crippen molar-refractivity contribution in [3.8, 4) is 0 Å². The molecular formula is C17H23NO4. The van der Waals surface area contributed by atoms with Gasteiger partial charge in [0.05, 0.1) is 13.2 Å². The first-order valence-electron chi connectivity index (χ1n) is 7.82. The number of rotatable bonds is 4. The lowest BCUT2D eigenvalue weighted by molar-refractivity contribution is 0.00976. The Kier molecular flexibility index (Phi) is 4.10. The summed E-state index contributed by atoms with van der Waals surface area (Å²) in [5, 5.41) is 19.7. The zero-order valence-corrected chi connectivity index (χ0v) is 12.7. The first-order valence-corrected chi connectivity index (χ1v) is 7.82. The van der Waals surface area contributed by atoms with Gasteiger partial charge in [0, 0.05) is 23.9 Å². The summed E-state index contributed by atoms with van der Waals surface area (Å²) in [7, 11) is 0. The van der Waals surface area contributed by atoms with Crippen LogP contribution in [0.15, 0.2) is 30.3 Å². The molecule has 5 heteroatoms. The Hall–Kier alpha value is -1.59. The third-order valence-electron chi connectivity index (χ3n) is 5.49. The number of amides is 1. The highest BCUT2D eigenvalue weighted by atomic mass is 16.6. The van der Waals surface area contributed by atoms with Crippen LogP contribution in [0.2, 0.25) is 0 Å². The van der Waals surface area contributed by atoms with Gasteiger partial charge in [-0.3, -0.25) is 0 Å². The molecule has 0 aromatic heterocycles. The minimum Gasteiger partial charge on any atom is -0.445 e. The van der Waals surface area contributed by atoms with Crippen LogP contribution in [0, 0.1) is 10.8 Å². The molecule has 2 N–H and O–H groups in total. The molecule has 0 bridgehead atoms. The third-order valence-corrected chi connectivity index (χ3v) is 5.49. The van der Waals surface area contributed by atoms with Crippen LogP contribution < -0.4 is 0 Å². The number of aliphatic hydroxyl groups excluding tert-OH is 2. The molecular weight excluding hydrogens is 282 g/mol. The molecule has 2 aliphatic rings. The summed E-state index contributed by atoms with van der Waals surface area (Å²) < 4.78 is 5.38. The van der Waals surface area contributed by atoms with Crippen molar-refractivity contribution in [1.29, 1.82) is 0 Å². The van der Waals surface area contributed by atoms with Crippen LogP contribution in [-0.2, 0) is 11.3 Å². The van der Waals surface area contributed by atoms with Crippen molar-refractivity contribution < 1.29 is 19.7 Å². The Labute approximate surface area is 130 Å². The van der Waals surface area contributed by atoms with E-state index in [1.807, 2.05) is 30.3 Å². The van der Waals surface area contributed by atoms with Gasteiger partial charge in [-0.2, -0.15) is 0 Å². The van der Waals surface area contributed by atoms with E-state index in [4.69, 9.17) is 4.74 Å². The summed E-state index contributed by atoms with van der Waals surface area (Å²) >= 11 is 0. The lowest BCUT2D eigenvalue weighted by Gasteiger charge is -2.36. The standard InChI is InChI=1S/C17H23NO4/c19-12-16-7-4-8-17(16,13-20)11-18(10-16)15(21)22-9-14-5-2-1-3-6-14/h1-3,5-6,19-20H,4,7-13H2/t16-,17+. The molecule has 1 aliphatic carbocycles. The number of likely N-dealkylation sites (tertiary alicyclic amines) is 1. The maximum atomic E-state index is 12.3. The van der Waals surface area contributed by atoms with Crippen molar-refractivity contribution in [2.24, 2.45) is 10.8 Å². The summed E-state index contributed by atoms with van der Waals surface area (Å²) in [5.74, 6) is 0. The molecule has 0 unspecified atom stereocenters. The van der Waals surface area contributed by atoms with E-state index in [2.05, 4.69) is 0 Å². The highest BCUT2D eigenvalue weighted by Crippen LogP contribution is 2.57. The maximum Gasteiger partial charge on any atom is 0.410 e. The molecule has 0 spiro atoms. The van der Waals surface area contributed by atoms with Crippen molar-refractivity contribution in [2.45, 2.75) is 25.9 Å². The van der Waals surface area contributed by atoms with Gasteiger partial charge in [0.15, 0.2) is 0 Å². The summed E-state index contributed by atoms with van der Waals surface area (Å²) in [6.07, 6.45) is 2.34. The number of fused-ring (bicyclic) bond motifs is 1. The SMILES string of the molecule is O=C(OCc1ccccc1)N1C[C@]2(CO)CCC[C@]2(CO)C1. The van der Waals surface area contributed by atoms with Crippen LogP contribution in [0.4, 0.5) is 4.79 Å². The lowest BCUT2D eigenvalue weighted by Crippen LogP contribution is -2.41. The highest BCUT2D eigenvalue weighted by molar-refractivity contribution is 5.68. The topological polar surface area (TPSA) is 70.0 Å². The zero-order valence-electron chi connectivity index (χ0n) is 12.7. The summed E-state index contributed by atoms with van der Waals surface area (Å²) in [5.41, 5.74) is 0.213. The highest BCUT2D eigenvalue weighted by Gasteiger charge is 2.60. The van der Waals surface area contributed by atoms with E-state index in [9.17, 15) is 15.0 Å². The molecule has 1 aromatic carbocycles. The van der Waals surface area contributed by atoms with Crippen molar-refractivity contribution in [3.05, 3.63) is 35.9 Å². The molecule has 22 heavy (non-hydrogen) atoms. The molecule has 2 fully saturated rings. The van der Waals surface area contributed by atoms with Crippen molar-refractivity contribution in [2.75, 3.05) is 26.3 Å². The van der Waals surface area contributed by atoms with E-state index < -0.39 is 0 Å². The van der Waals surface area contributed by atoms with Crippen LogP contribution in [0.25, 0.3) is 0 Å². The van der Waals surface area contributed by atoms with E-state index in [1.54, 1.807) is 4.90 Å². The fraction of sp³-hybridized carbons (Fsp3) is 0.588. The normalized spacial score (nSPS) is 30.4. The fourth-order valence-electron chi connectivity index (χ4n) is 4.11. The number of carbonyl (C=O) groups excluding carboxylic acids is 1. The third kappa shape index (κ3) is 2.38. The number of hydrogen-bond acceptors (Lipinski definition) is 4. The van der Waals surface area contributed by atoms with Gasteiger partial charge < -0.3 is 19.8 Å². The molecule has 1 amide bonds. The Morgan fingerprint density at radius 3 is 2.23 bits per heavy atom. The maximum absolute atomic E-state index is 12.3. The van der Waals surface area contributed by atoms with Crippen molar-refractivity contribution in [3.63, 3.8) is 0 Å². The van der Waals surface area contributed by atoms with E-state index in [0.717, 1.165) is 24.8 Å². The fourth-order valence-corrected chi connectivity index (χ4v) is 4.11. The van der Waals surface area contributed by atoms with Gasteiger partial charge in [0.2, 0.25) is 0 Å². The second-order valence-corrected chi connectivity index (χ2v) is 6.63. The minimum absolute atomic E-state index is 0.00995. The first-order chi connectivity index (χ1) is 10.6. The molecule has 0 radical (unpaired) electrons. The van der Waals surface area contributed by atoms with Gasteiger partial charge >= 0.3 is 6.09 Å². The quantitative estimate of drug-likeness (QED) is 0.889. The van der Waals surface area contributed by atoms with E-state index >= 15 is 0 Å². The number of nitrogens with zero attached hydrogens (tertiary/aromatic N) is 1. The van der Waals surface area contributed by atoms with Crippen LogP contribution in [0.1, 0.15) is 24.8 Å². The predicted molar refractivity (Wildman–Crippen MR) is 81.1 cm³/mol. The van der Waals surface area contributed by atoms with Crippen LogP contribution in [0.3, 0.4) is 0 Å². The Morgan fingerprint density at radius 1 is 1.09 bits per heavy atom. The number of aliphatic hydroxyl groups is 2. The molecule has 1 aromatic rings. The van der Waals surface area contributed by atoms with E-state index in [0.29, 0.717) is 13.1 Å². The molecule has 1 heterocycles. The monoisotopic (exact) mass is 305 g/mol. The molecule has 2 atom stereocenters. The average molecular weight is 305 g/mol. The molecule has 120 valence electrons.